The molecule has 2 heteroatoms. The third kappa shape index (κ3) is 2.09. The molecule has 2 nitrogen and oxygen atoms in total. The monoisotopic (exact) mass is 272 g/mol. The Kier molecular flexibility index (Phi) is 3.40. The molecule has 3 atom stereocenters. The fourth-order valence-electron chi connectivity index (χ4n) is 4.96. The van der Waals surface area contributed by atoms with Gasteiger partial charge < -0.3 is 5.32 Å². The van der Waals surface area contributed by atoms with E-state index in [1.807, 2.05) is 12.3 Å². The lowest BCUT2D eigenvalue weighted by atomic mass is 9.68. The second-order valence-electron chi connectivity index (χ2n) is 7.69. The fourth-order valence-corrected chi connectivity index (χ4v) is 4.96. The van der Waals surface area contributed by atoms with E-state index in [1.54, 1.807) is 0 Å². The van der Waals surface area contributed by atoms with Gasteiger partial charge in [-0.15, -0.1) is 0 Å². The number of nitrogens with zero attached hydrogens (tertiary/aromatic N) is 1. The van der Waals surface area contributed by atoms with Gasteiger partial charge in [-0.25, -0.2) is 0 Å². The smallest absolute Gasteiger partial charge is 0.0573 e. The molecule has 0 spiro atoms. The number of rotatable bonds is 4. The molecule has 2 aliphatic rings. The molecule has 1 aromatic rings. The van der Waals surface area contributed by atoms with E-state index in [1.165, 1.54) is 30.5 Å². The molecule has 3 rings (SSSR count). The number of fused-ring (bicyclic) bond motifs is 2. The highest BCUT2D eigenvalue weighted by Crippen LogP contribution is 2.62. The van der Waals surface area contributed by atoms with Crippen molar-refractivity contribution in [2.45, 2.75) is 66.0 Å². The van der Waals surface area contributed by atoms with E-state index in [0.717, 1.165) is 18.9 Å². The van der Waals surface area contributed by atoms with E-state index in [9.17, 15) is 0 Å². The van der Waals surface area contributed by atoms with Crippen molar-refractivity contribution >= 4 is 0 Å². The molecule has 0 aromatic carbocycles. The van der Waals surface area contributed by atoms with Crippen molar-refractivity contribution in [3.63, 3.8) is 0 Å². The average molecular weight is 272 g/mol. The van der Waals surface area contributed by atoms with Gasteiger partial charge in [0.05, 0.1) is 5.69 Å². The van der Waals surface area contributed by atoms with Crippen molar-refractivity contribution < 1.29 is 0 Å². The summed E-state index contributed by atoms with van der Waals surface area (Å²) in [6.45, 7) is 10.5. The lowest BCUT2D eigenvalue weighted by Gasteiger charge is -2.43. The first-order valence-electron chi connectivity index (χ1n) is 8.13. The summed E-state index contributed by atoms with van der Waals surface area (Å²) in [5.74, 6) is 0.902. The highest BCUT2D eigenvalue weighted by molar-refractivity contribution is 5.20. The van der Waals surface area contributed by atoms with Crippen molar-refractivity contribution in [1.82, 2.24) is 10.3 Å². The maximum Gasteiger partial charge on any atom is 0.0573 e. The summed E-state index contributed by atoms with van der Waals surface area (Å²) in [7, 11) is 0. The Bertz CT molecular complexity index is 489. The third-order valence-corrected chi connectivity index (χ3v) is 6.11. The molecular formula is C18H28N2. The molecule has 2 saturated carbocycles. The van der Waals surface area contributed by atoms with Gasteiger partial charge in [0.15, 0.2) is 0 Å². The van der Waals surface area contributed by atoms with Crippen LogP contribution in [0.2, 0.25) is 0 Å². The lowest BCUT2D eigenvalue weighted by molar-refractivity contribution is 0.107. The Labute approximate surface area is 123 Å². The average Bonchev–Trinajstić information content (AvgIpc) is 2.90. The summed E-state index contributed by atoms with van der Waals surface area (Å²) < 4.78 is 0. The summed E-state index contributed by atoms with van der Waals surface area (Å²) in [5, 5.41) is 3.87. The van der Waals surface area contributed by atoms with Crippen molar-refractivity contribution in [2.24, 2.45) is 16.7 Å². The summed E-state index contributed by atoms with van der Waals surface area (Å²) in [5.41, 5.74) is 3.53. The van der Waals surface area contributed by atoms with Crippen LogP contribution in [0.25, 0.3) is 0 Å². The van der Waals surface area contributed by atoms with Crippen LogP contribution in [0, 0.1) is 16.7 Å². The first-order valence-corrected chi connectivity index (χ1v) is 8.13. The van der Waals surface area contributed by atoms with Gasteiger partial charge in [-0.3, -0.25) is 4.98 Å². The highest BCUT2D eigenvalue weighted by Gasteiger charge is 2.58. The van der Waals surface area contributed by atoms with Crippen LogP contribution in [0.3, 0.4) is 0 Å². The van der Waals surface area contributed by atoms with Gasteiger partial charge in [0.1, 0.15) is 0 Å². The zero-order valence-corrected chi connectivity index (χ0v) is 13.4. The van der Waals surface area contributed by atoms with Crippen LogP contribution in [-0.4, -0.2) is 11.0 Å². The Morgan fingerprint density at radius 2 is 2.15 bits per heavy atom. The van der Waals surface area contributed by atoms with Gasteiger partial charge >= 0.3 is 0 Å². The number of hydrogen-bond acceptors (Lipinski definition) is 2. The predicted molar refractivity (Wildman–Crippen MR) is 83.5 cm³/mol. The Balaban J connectivity index is 1.75. The van der Waals surface area contributed by atoms with E-state index in [0.29, 0.717) is 16.9 Å². The molecule has 1 aromatic heterocycles. The number of nitrogens with one attached hydrogen (secondary N) is 1. The number of hydrogen-bond donors (Lipinski definition) is 1. The van der Waals surface area contributed by atoms with Crippen molar-refractivity contribution in [2.75, 3.05) is 0 Å². The van der Waals surface area contributed by atoms with Crippen LogP contribution in [0.1, 0.15) is 58.2 Å². The summed E-state index contributed by atoms with van der Waals surface area (Å²) >= 11 is 0. The largest absolute Gasteiger partial charge is 0.307 e. The second-order valence-corrected chi connectivity index (χ2v) is 7.69. The molecule has 0 radical (unpaired) electrons. The zero-order chi connectivity index (χ0) is 14.4. The molecule has 2 fully saturated rings. The minimum atomic E-state index is 0.425. The van der Waals surface area contributed by atoms with Gasteiger partial charge in [0.2, 0.25) is 0 Å². The summed E-state index contributed by atoms with van der Waals surface area (Å²) in [4.78, 5) is 4.58. The minimum Gasteiger partial charge on any atom is -0.307 e. The molecular weight excluding hydrogens is 244 g/mol. The van der Waals surface area contributed by atoms with Gasteiger partial charge in [-0.05, 0) is 54.1 Å². The normalized spacial score (nSPS) is 34.6. The molecule has 2 aliphatic carbocycles. The van der Waals surface area contributed by atoms with Crippen LogP contribution in [-0.2, 0) is 13.0 Å². The molecule has 20 heavy (non-hydrogen) atoms. The van der Waals surface area contributed by atoms with Crippen molar-refractivity contribution in [3.8, 4) is 0 Å². The topological polar surface area (TPSA) is 24.9 Å². The van der Waals surface area contributed by atoms with Crippen LogP contribution >= 0.6 is 0 Å². The fraction of sp³-hybridized carbons (Fsp3) is 0.722. The van der Waals surface area contributed by atoms with Crippen molar-refractivity contribution in [3.05, 3.63) is 29.6 Å². The molecule has 110 valence electrons. The molecule has 0 aliphatic heterocycles. The maximum atomic E-state index is 4.58. The Morgan fingerprint density at radius 3 is 2.80 bits per heavy atom. The number of aryl methyl sites for hydroxylation is 1. The quantitative estimate of drug-likeness (QED) is 0.897. The minimum absolute atomic E-state index is 0.425. The van der Waals surface area contributed by atoms with E-state index in [4.69, 9.17) is 0 Å². The number of aromatic nitrogens is 1. The van der Waals surface area contributed by atoms with Crippen molar-refractivity contribution in [1.29, 1.82) is 0 Å². The molecule has 2 bridgehead atoms. The first-order chi connectivity index (χ1) is 9.47. The highest BCUT2D eigenvalue weighted by atomic mass is 15.0. The lowest BCUT2D eigenvalue weighted by Crippen LogP contribution is -2.50. The molecule has 0 amide bonds. The van der Waals surface area contributed by atoms with Crippen LogP contribution < -0.4 is 5.32 Å². The van der Waals surface area contributed by atoms with Gasteiger partial charge in [-0.2, -0.15) is 0 Å². The van der Waals surface area contributed by atoms with E-state index >= 15 is 0 Å². The SMILES string of the molecule is CCc1cccnc1CNC1C(C)(C)[C@H]2CC[C@]1(C)C2. The maximum absolute atomic E-state index is 4.58. The standard InChI is InChI=1S/C18H28N2/c1-5-13-7-6-10-19-15(13)12-20-16-17(2,3)14-8-9-18(16,4)11-14/h6-7,10,14,16,20H,5,8-9,11-12H2,1-4H3/t14-,16?,18+/m0/s1. The molecule has 1 heterocycles. The summed E-state index contributed by atoms with van der Waals surface area (Å²) in [6, 6.07) is 4.88. The third-order valence-electron chi connectivity index (χ3n) is 6.11. The van der Waals surface area contributed by atoms with E-state index < -0.39 is 0 Å². The summed E-state index contributed by atoms with van der Waals surface area (Å²) in [6.07, 6.45) is 7.20. The van der Waals surface area contributed by atoms with Crippen LogP contribution in [0.5, 0.6) is 0 Å². The van der Waals surface area contributed by atoms with Gasteiger partial charge in [-0.1, -0.05) is 33.8 Å². The zero-order valence-electron chi connectivity index (χ0n) is 13.4. The van der Waals surface area contributed by atoms with Gasteiger partial charge in [0, 0.05) is 18.8 Å². The molecule has 0 saturated heterocycles. The number of pyridine rings is 1. The Morgan fingerprint density at radius 1 is 1.35 bits per heavy atom. The Hall–Kier alpha value is -0.890. The molecule has 1 N–H and O–H groups in total. The molecule has 1 unspecified atom stereocenters. The van der Waals surface area contributed by atoms with Gasteiger partial charge in [0.25, 0.3) is 0 Å². The first kappa shape index (κ1) is 14.1. The van der Waals surface area contributed by atoms with Crippen LogP contribution in [0.15, 0.2) is 18.3 Å². The van der Waals surface area contributed by atoms with E-state index in [2.05, 4.69) is 44.1 Å². The predicted octanol–water partition coefficient (Wildman–Crippen LogP) is 3.95. The van der Waals surface area contributed by atoms with E-state index in [-0.39, 0.29) is 0 Å². The van der Waals surface area contributed by atoms with Crippen LogP contribution in [0.4, 0.5) is 0 Å². The second kappa shape index (κ2) is 4.84.